The largest absolute Gasteiger partial charge is 0.456 e. The zero-order valence-electron chi connectivity index (χ0n) is 55.1. The van der Waals surface area contributed by atoms with Gasteiger partial charge in [0, 0.05) is 27.1 Å². The Morgan fingerprint density at radius 3 is 1.06 bits per heavy atom. The van der Waals surface area contributed by atoms with E-state index in [1.807, 2.05) is 0 Å². The van der Waals surface area contributed by atoms with Crippen LogP contribution in [0.25, 0.3) is 240 Å². The SMILES string of the molecule is c1ccc2c(c1)ccc1oc3cccc(-c4c5ccccc5c(-c5cc6ccc7cc(-c8ccc(-c9c%10ccccc%10c(-c%10cc%11c%12ccccc%12c%12ccccc%12c%11c%11ccccc%10%11)c%10ccccc9%10)c9c8oc8ccc%10ccccc%10c89)ccc7c6c6ccccc56)c5ccccc45)c3c12. The second-order valence-corrected chi connectivity index (χ2v) is 27.8. The summed E-state index contributed by atoms with van der Waals surface area (Å²) in [5, 5.41) is 36.3. The van der Waals surface area contributed by atoms with Crippen molar-refractivity contribution < 1.29 is 8.83 Å². The minimum absolute atomic E-state index is 0.868. The zero-order valence-corrected chi connectivity index (χ0v) is 55.1. The zero-order chi connectivity index (χ0) is 66.4. The molecule has 0 saturated carbocycles. The molecule has 2 aromatic heterocycles. The van der Waals surface area contributed by atoms with Gasteiger partial charge in [-0.3, -0.25) is 0 Å². The molecular weight excluding hydrogens is 1230 g/mol. The highest BCUT2D eigenvalue weighted by molar-refractivity contribution is 6.37. The Morgan fingerprint density at radius 1 is 0.147 bits per heavy atom. The van der Waals surface area contributed by atoms with Crippen molar-refractivity contribution in [3.05, 3.63) is 340 Å². The van der Waals surface area contributed by atoms with E-state index >= 15 is 0 Å². The van der Waals surface area contributed by atoms with Gasteiger partial charge in [0.05, 0.1) is 0 Å². The summed E-state index contributed by atoms with van der Waals surface area (Å²) in [5.41, 5.74) is 15.3. The highest BCUT2D eigenvalue weighted by Crippen LogP contribution is 2.55. The van der Waals surface area contributed by atoms with E-state index in [1.54, 1.807) is 0 Å². The van der Waals surface area contributed by atoms with Crippen LogP contribution >= 0.6 is 0 Å². The van der Waals surface area contributed by atoms with Crippen LogP contribution in [0.5, 0.6) is 0 Å². The molecule has 0 radical (unpaired) electrons. The van der Waals surface area contributed by atoms with Crippen LogP contribution in [0.2, 0.25) is 0 Å². The lowest BCUT2D eigenvalue weighted by atomic mass is 9.81. The standard InChI is InChI=1S/C100H56O2/c1-3-24-62-57(22-1)47-52-88-96(62)98-82(42-21-43-87(98)101-88)91-74-34-13-17-38-78(74)94(79-39-18-14-35-75(79)91)84-55-61-45-44-59-54-60(46-49-64(59)90(61)71-31-10-8-29-69(71)84)65-50-51-83(99-97-63-25-4-2-23-58(63)48-53-89(97)102-100(65)99)92-76-36-15-19-40-80(76)95(81-41-20-16-37-77(81)92)86-56-85-68-28-6-5-26-66(68)67-27-7-11-32-72(67)93(85)73-33-12-9-30-70(73)86/h1-56H. The number of fused-ring (bicyclic) bond motifs is 27. The van der Waals surface area contributed by atoms with Crippen LogP contribution in [0.3, 0.4) is 0 Å². The average molecular weight is 1290 g/mol. The van der Waals surface area contributed by atoms with Gasteiger partial charge in [0.25, 0.3) is 0 Å². The molecular formula is C100H56O2. The van der Waals surface area contributed by atoms with Crippen molar-refractivity contribution in [3.63, 3.8) is 0 Å². The van der Waals surface area contributed by atoms with Gasteiger partial charge in [-0.25, -0.2) is 0 Å². The molecule has 0 atom stereocenters. The summed E-state index contributed by atoms with van der Waals surface area (Å²) in [6.45, 7) is 0. The van der Waals surface area contributed by atoms with Crippen LogP contribution in [-0.4, -0.2) is 0 Å². The van der Waals surface area contributed by atoms with Gasteiger partial charge in [-0.05, 0) is 233 Å². The Kier molecular flexibility index (Phi) is 11.5. The van der Waals surface area contributed by atoms with Gasteiger partial charge >= 0.3 is 0 Å². The molecule has 0 N–H and O–H groups in total. The van der Waals surface area contributed by atoms with Crippen molar-refractivity contribution in [1.82, 2.24) is 0 Å². The fraction of sp³-hybridized carbons (Fsp3) is 0. The molecule has 23 rings (SSSR count). The Labute approximate surface area is 584 Å². The summed E-state index contributed by atoms with van der Waals surface area (Å²) < 4.78 is 14.1. The maximum absolute atomic E-state index is 7.41. The van der Waals surface area contributed by atoms with Crippen molar-refractivity contribution >= 4 is 184 Å². The third-order valence-corrected chi connectivity index (χ3v) is 22.7. The number of hydrogen-bond donors (Lipinski definition) is 0. The van der Waals surface area contributed by atoms with E-state index in [4.69, 9.17) is 8.83 Å². The molecule has 0 fully saturated rings. The van der Waals surface area contributed by atoms with Gasteiger partial charge < -0.3 is 8.83 Å². The average Bonchev–Trinajstić information content (AvgIpc) is 0.822. The van der Waals surface area contributed by atoms with Crippen molar-refractivity contribution in [1.29, 1.82) is 0 Å². The molecule has 0 saturated heterocycles. The summed E-state index contributed by atoms with van der Waals surface area (Å²) >= 11 is 0. The van der Waals surface area contributed by atoms with Crippen LogP contribution < -0.4 is 0 Å². The van der Waals surface area contributed by atoms with Crippen LogP contribution in [0, 0.1) is 0 Å². The van der Waals surface area contributed by atoms with Gasteiger partial charge in [0.2, 0.25) is 0 Å². The summed E-state index contributed by atoms with van der Waals surface area (Å²) in [7, 11) is 0. The first kappa shape index (κ1) is 55.6. The van der Waals surface area contributed by atoms with E-state index in [2.05, 4.69) is 340 Å². The number of furan rings is 2. The van der Waals surface area contributed by atoms with Crippen LogP contribution in [0.1, 0.15) is 0 Å². The molecule has 23 aromatic rings. The van der Waals surface area contributed by atoms with E-state index < -0.39 is 0 Å². The normalized spacial score (nSPS) is 12.3. The predicted molar refractivity (Wildman–Crippen MR) is 436 cm³/mol. The molecule has 0 aliphatic carbocycles. The van der Waals surface area contributed by atoms with E-state index in [0.29, 0.717) is 0 Å². The molecule has 2 nitrogen and oxygen atoms in total. The molecule has 0 bridgehead atoms. The molecule has 0 spiro atoms. The van der Waals surface area contributed by atoms with Gasteiger partial charge in [0.15, 0.2) is 0 Å². The first-order valence-corrected chi connectivity index (χ1v) is 35.4. The van der Waals surface area contributed by atoms with Gasteiger partial charge in [-0.15, -0.1) is 0 Å². The molecule has 0 aliphatic heterocycles. The maximum atomic E-state index is 7.41. The highest BCUT2D eigenvalue weighted by atomic mass is 16.3. The summed E-state index contributed by atoms with van der Waals surface area (Å²) in [6, 6.07) is 127. The van der Waals surface area contributed by atoms with Crippen LogP contribution in [-0.2, 0) is 0 Å². The Bertz CT molecular complexity index is 7580. The fourth-order valence-corrected chi connectivity index (χ4v) is 18.6. The van der Waals surface area contributed by atoms with Crippen molar-refractivity contribution in [2.45, 2.75) is 0 Å². The van der Waals surface area contributed by atoms with Crippen LogP contribution in [0.15, 0.2) is 349 Å². The van der Waals surface area contributed by atoms with Crippen molar-refractivity contribution in [3.8, 4) is 55.6 Å². The molecule has 0 amide bonds. The lowest BCUT2D eigenvalue weighted by Crippen LogP contribution is -1.94. The van der Waals surface area contributed by atoms with Gasteiger partial charge in [-0.1, -0.05) is 297 Å². The summed E-state index contributed by atoms with van der Waals surface area (Å²) in [4.78, 5) is 0. The molecule has 2 heterocycles. The third kappa shape index (κ3) is 7.67. The molecule has 0 unspecified atom stereocenters. The smallest absolute Gasteiger partial charge is 0.143 e. The maximum Gasteiger partial charge on any atom is 0.143 e. The fourth-order valence-electron chi connectivity index (χ4n) is 18.6. The highest BCUT2D eigenvalue weighted by Gasteiger charge is 2.28. The van der Waals surface area contributed by atoms with Crippen LogP contribution in [0.4, 0.5) is 0 Å². The molecule has 21 aromatic carbocycles. The minimum atomic E-state index is 0.868. The number of rotatable bonds is 5. The summed E-state index contributed by atoms with van der Waals surface area (Å²) in [6.07, 6.45) is 0. The molecule has 2 heteroatoms. The minimum Gasteiger partial charge on any atom is -0.456 e. The van der Waals surface area contributed by atoms with E-state index in [-0.39, 0.29) is 0 Å². The van der Waals surface area contributed by atoms with E-state index in [0.717, 1.165) is 60.6 Å². The van der Waals surface area contributed by atoms with Gasteiger partial charge in [-0.2, -0.15) is 0 Å². The molecule has 0 aliphatic rings. The lowest BCUT2D eigenvalue weighted by molar-refractivity contribution is 0.669. The third-order valence-electron chi connectivity index (χ3n) is 22.7. The Hall–Kier alpha value is -13.4. The Balaban J connectivity index is 0.725. The molecule has 468 valence electrons. The lowest BCUT2D eigenvalue weighted by Gasteiger charge is -2.21. The number of benzene rings is 21. The molecule has 102 heavy (non-hydrogen) atoms. The van der Waals surface area contributed by atoms with Gasteiger partial charge in [0.1, 0.15) is 22.3 Å². The van der Waals surface area contributed by atoms with Crippen molar-refractivity contribution in [2.24, 2.45) is 0 Å². The number of hydrogen-bond acceptors (Lipinski definition) is 2. The second-order valence-electron chi connectivity index (χ2n) is 27.8. The second kappa shape index (κ2) is 21.1. The van der Waals surface area contributed by atoms with Crippen molar-refractivity contribution in [2.75, 3.05) is 0 Å². The predicted octanol–water partition coefficient (Wildman–Crippen LogP) is 28.8. The van der Waals surface area contributed by atoms with E-state index in [9.17, 15) is 0 Å². The first-order valence-electron chi connectivity index (χ1n) is 35.4. The Morgan fingerprint density at radius 2 is 0.510 bits per heavy atom. The summed E-state index contributed by atoms with van der Waals surface area (Å²) in [5.74, 6) is 0. The van der Waals surface area contributed by atoms with E-state index in [1.165, 1.54) is 179 Å². The topological polar surface area (TPSA) is 26.3 Å². The quantitative estimate of drug-likeness (QED) is 0.127. The monoisotopic (exact) mass is 1290 g/mol. The first-order chi connectivity index (χ1) is 50.6.